The second kappa shape index (κ2) is 11.0. The number of anilines is 1. The molecule has 2 aromatic carbocycles. The van der Waals surface area contributed by atoms with Gasteiger partial charge in [0.05, 0.1) is 32.5 Å². The van der Waals surface area contributed by atoms with Gasteiger partial charge in [-0.2, -0.15) is 0 Å². The van der Waals surface area contributed by atoms with Crippen LogP contribution in [0.1, 0.15) is 44.9 Å². The van der Waals surface area contributed by atoms with E-state index in [0.717, 1.165) is 42.8 Å². The molecule has 6 nitrogen and oxygen atoms in total. The van der Waals surface area contributed by atoms with Crippen LogP contribution in [-0.4, -0.2) is 45.9 Å². The van der Waals surface area contributed by atoms with Gasteiger partial charge in [0.1, 0.15) is 35.6 Å². The maximum absolute atomic E-state index is 13.1. The number of morpholine rings is 1. The topological polar surface area (TPSA) is 61.2 Å². The fourth-order valence-corrected chi connectivity index (χ4v) is 5.55. The number of ether oxygens (including phenoxy) is 3. The van der Waals surface area contributed by atoms with Gasteiger partial charge in [0.25, 0.3) is 5.91 Å². The van der Waals surface area contributed by atoms with Crippen molar-refractivity contribution in [3.63, 3.8) is 0 Å². The fraction of sp³-hybridized carbons (Fsp3) is 0.370. The van der Waals surface area contributed by atoms with Crippen LogP contribution < -0.4 is 19.7 Å². The fourth-order valence-electron chi connectivity index (χ4n) is 4.45. The highest BCUT2D eigenvalue weighted by Gasteiger charge is 2.33. The van der Waals surface area contributed by atoms with Crippen LogP contribution in [0.3, 0.4) is 0 Å². The lowest BCUT2D eigenvalue weighted by Crippen LogP contribution is -3.14. The minimum absolute atomic E-state index is 0.0932. The zero-order chi connectivity index (χ0) is 24.1. The molecule has 1 amide bonds. The Labute approximate surface area is 205 Å². The van der Waals surface area contributed by atoms with Gasteiger partial charge in [-0.3, -0.25) is 4.79 Å². The van der Waals surface area contributed by atoms with Crippen LogP contribution in [0.4, 0.5) is 5.00 Å². The van der Waals surface area contributed by atoms with Crippen LogP contribution in [0, 0.1) is 13.8 Å². The third-order valence-corrected chi connectivity index (χ3v) is 7.51. The zero-order valence-electron chi connectivity index (χ0n) is 20.3. The molecule has 1 saturated heterocycles. The van der Waals surface area contributed by atoms with Crippen molar-refractivity contribution in [2.75, 3.05) is 45.3 Å². The number of thiophene rings is 1. The van der Waals surface area contributed by atoms with E-state index in [1.165, 1.54) is 26.5 Å². The molecule has 1 unspecified atom stereocenters. The van der Waals surface area contributed by atoms with E-state index in [2.05, 4.69) is 31.3 Å². The number of hydrogen-bond acceptors (Lipinski definition) is 5. The zero-order valence-corrected chi connectivity index (χ0v) is 21.1. The molecule has 34 heavy (non-hydrogen) atoms. The molecule has 1 aliphatic rings. The molecule has 1 fully saturated rings. The lowest BCUT2D eigenvalue weighted by molar-refractivity contribution is -0.933. The molecule has 3 aromatic rings. The number of benzene rings is 2. The van der Waals surface area contributed by atoms with Crippen LogP contribution in [0.2, 0.25) is 0 Å². The second-order valence-corrected chi connectivity index (χ2v) is 9.64. The van der Waals surface area contributed by atoms with E-state index in [0.29, 0.717) is 12.2 Å². The van der Waals surface area contributed by atoms with Crippen molar-refractivity contribution in [3.8, 4) is 11.5 Å². The molecule has 1 aliphatic heterocycles. The third-order valence-electron chi connectivity index (χ3n) is 6.37. The average molecular weight is 482 g/mol. The summed E-state index contributed by atoms with van der Waals surface area (Å²) in [5.41, 5.74) is 4.23. The van der Waals surface area contributed by atoms with E-state index in [-0.39, 0.29) is 11.9 Å². The highest BCUT2D eigenvalue weighted by molar-refractivity contribution is 7.16. The smallest absolute Gasteiger partial charge is 0.256 e. The van der Waals surface area contributed by atoms with Crippen LogP contribution in [0.25, 0.3) is 0 Å². The third kappa shape index (κ3) is 5.27. The monoisotopic (exact) mass is 481 g/mol. The van der Waals surface area contributed by atoms with Crippen LogP contribution in [-0.2, 0) is 4.74 Å². The Morgan fingerprint density at radius 2 is 1.71 bits per heavy atom. The number of nitrogens with one attached hydrogen (secondary N) is 2. The summed E-state index contributed by atoms with van der Waals surface area (Å²) in [5, 5.41) is 4.13. The summed E-state index contributed by atoms with van der Waals surface area (Å²) in [7, 11) is 1.62. The molecule has 2 heterocycles. The van der Waals surface area contributed by atoms with Gasteiger partial charge < -0.3 is 24.4 Å². The van der Waals surface area contributed by atoms with Crippen molar-refractivity contribution in [2.24, 2.45) is 0 Å². The van der Waals surface area contributed by atoms with Gasteiger partial charge in [0.15, 0.2) is 0 Å². The highest BCUT2D eigenvalue weighted by atomic mass is 32.1. The van der Waals surface area contributed by atoms with Crippen LogP contribution in [0.5, 0.6) is 11.5 Å². The first-order chi connectivity index (χ1) is 16.5. The summed E-state index contributed by atoms with van der Waals surface area (Å²) in [6.07, 6.45) is 0. The van der Waals surface area contributed by atoms with Gasteiger partial charge in [-0.05, 0) is 74.9 Å². The molecule has 180 valence electrons. The van der Waals surface area contributed by atoms with Gasteiger partial charge in [0.2, 0.25) is 0 Å². The van der Waals surface area contributed by atoms with Crippen molar-refractivity contribution in [3.05, 3.63) is 75.7 Å². The number of aryl methyl sites for hydroxylation is 1. The Kier molecular flexibility index (Phi) is 7.88. The second-order valence-electron chi connectivity index (χ2n) is 8.41. The number of methoxy groups -OCH3 is 1. The molecule has 0 saturated carbocycles. The lowest BCUT2D eigenvalue weighted by atomic mass is 9.94. The van der Waals surface area contributed by atoms with Crippen LogP contribution >= 0.6 is 11.3 Å². The Hall–Kier alpha value is -2.87. The SMILES string of the molecule is CCOc1ccc(C(c2c(NC(=O)c3ccc(OC)cc3)sc(C)c2C)[NH+]2CCOCC2)cc1. The minimum Gasteiger partial charge on any atom is -0.497 e. The van der Waals surface area contributed by atoms with E-state index in [4.69, 9.17) is 14.2 Å². The van der Waals surface area contributed by atoms with E-state index < -0.39 is 0 Å². The molecular formula is C27H33N2O4S+. The number of rotatable bonds is 8. The molecule has 0 aliphatic carbocycles. The maximum Gasteiger partial charge on any atom is 0.256 e. The number of carbonyl (C=O) groups excluding carboxylic acids is 1. The summed E-state index contributed by atoms with van der Waals surface area (Å²) in [6, 6.07) is 15.7. The van der Waals surface area contributed by atoms with E-state index in [1.807, 2.05) is 19.1 Å². The van der Waals surface area contributed by atoms with Crippen molar-refractivity contribution >= 4 is 22.2 Å². The molecule has 2 N–H and O–H groups in total. The Bertz CT molecular complexity index is 1100. The van der Waals surface area contributed by atoms with Gasteiger partial charge in [0, 0.05) is 16.0 Å². The highest BCUT2D eigenvalue weighted by Crippen LogP contribution is 2.39. The number of hydrogen-bond donors (Lipinski definition) is 2. The van der Waals surface area contributed by atoms with Gasteiger partial charge in [-0.25, -0.2) is 0 Å². The maximum atomic E-state index is 13.1. The minimum atomic E-state index is -0.118. The summed E-state index contributed by atoms with van der Waals surface area (Å²) in [4.78, 5) is 15.8. The predicted octanol–water partition coefficient (Wildman–Crippen LogP) is 4.03. The first-order valence-electron chi connectivity index (χ1n) is 11.7. The average Bonchev–Trinajstić information content (AvgIpc) is 3.14. The summed E-state index contributed by atoms with van der Waals surface area (Å²) >= 11 is 1.64. The predicted molar refractivity (Wildman–Crippen MR) is 136 cm³/mol. The standard InChI is InChI=1S/C27H32N2O4S/c1-5-33-23-12-6-20(7-13-23)25(29-14-16-32-17-15-29)24-18(2)19(3)34-27(24)28-26(30)21-8-10-22(31-4)11-9-21/h6-13,25H,5,14-17H2,1-4H3,(H,28,30)/p+1. The van der Waals surface area contributed by atoms with Gasteiger partial charge in [-0.15, -0.1) is 11.3 Å². The Morgan fingerprint density at radius 1 is 1.06 bits per heavy atom. The number of amides is 1. The quantitative estimate of drug-likeness (QED) is 0.510. The summed E-state index contributed by atoms with van der Waals surface area (Å²) in [5.74, 6) is 1.48. The van der Waals surface area contributed by atoms with Gasteiger partial charge in [-0.1, -0.05) is 0 Å². The van der Waals surface area contributed by atoms with Gasteiger partial charge >= 0.3 is 0 Å². The van der Waals surface area contributed by atoms with E-state index in [9.17, 15) is 4.79 Å². The van der Waals surface area contributed by atoms with E-state index in [1.54, 1.807) is 42.7 Å². The number of quaternary nitrogens is 1. The molecule has 0 bridgehead atoms. The first-order valence-corrected chi connectivity index (χ1v) is 12.5. The normalized spacial score (nSPS) is 15.1. The molecule has 7 heteroatoms. The molecule has 4 rings (SSSR count). The van der Waals surface area contributed by atoms with Crippen molar-refractivity contribution in [2.45, 2.75) is 26.8 Å². The lowest BCUT2D eigenvalue weighted by Gasteiger charge is -2.32. The molecule has 0 radical (unpaired) electrons. The van der Waals surface area contributed by atoms with Crippen molar-refractivity contribution in [1.29, 1.82) is 0 Å². The summed E-state index contributed by atoms with van der Waals surface area (Å²) < 4.78 is 16.6. The van der Waals surface area contributed by atoms with Crippen molar-refractivity contribution < 1.29 is 23.9 Å². The van der Waals surface area contributed by atoms with Crippen LogP contribution in [0.15, 0.2) is 48.5 Å². The Balaban J connectivity index is 1.71. The molecule has 1 aromatic heterocycles. The Morgan fingerprint density at radius 3 is 2.32 bits per heavy atom. The first kappa shape index (κ1) is 24.3. The largest absolute Gasteiger partial charge is 0.497 e. The molecular weight excluding hydrogens is 448 g/mol. The number of carbonyl (C=O) groups is 1. The molecule has 0 spiro atoms. The molecule has 1 atom stereocenters. The summed E-state index contributed by atoms with van der Waals surface area (Å²) in [6.45, 7) is 10.2. The van der Waals surface area contributed by atoms with Crippen molar-refractivity contribution in [1.82, 2.24) is 0 Å². The van der Waals surface area contributed by atoms with E-state index >= 15 is 0 Å².